The Kier molecular flexibility index (Phi) is 5.06. The molecule has 3 unspecified atom stereocenters. The van der Waals surface area contributed by atoms with Crippen LogP contribution in [0, 0.1) is 30.6 Å². The van der Waals surface area contributed by atoms with E-state index in [9.17, 15) is 4.79 Å². The molecule has 214 valence electrons. The average Bonchev–Trinajstić information content (AvgIpc) is 3.53. The Morgan fingerprint density at radius 1 is 1.12 bits per heavy atom. The van der Waals surface area contributed by atoms with E-state index in [1.807, 2.05) is 42.3 Å². The SMILES string of the molecule is COc1cc(C(=O)N2CC3CC4CC2[C@H]43)cc2nc(-c3cc4cccnc4n3CC3CC3)n(Cc3cnn(C)c3C)c12. The first-order valence-electron chi connectivity index (χ1n) is 15.3. The van der Waals surface area contributed by atoms with Crippen LogP contribution in [0.25, 0.3) is 33.6 Å². The molecule has 1 aliphatic heterocycles. The van der Waals surface area contributed by atoms with E-state index in [1.54, 1.807) is 7.11 Å². The summed E-state index contributed by atoms with van der Waals surface area (Å²) in [5.74, 6) is 4.58. The molecule has 0 N–H and O–H groups in total. The monoisotopic (exact) mass is 561 g/mol. The van der Waals surface area contributed by atoms with Gasteiger partial charge in [-0.2, -0.15) is 5.10 Å². The van der Waals surface area contributed by atoms with Crippen LogP contribution in [0.5, 0.6) is 5.75 Å². The van der Waals surface area contributed by atoms with Crippen molar-refractivity contribution >= 4 is 28.0 Å². The molecule has 0 spiro atoms. The summed E-state index contributed by atoms with van der Waals surface area (Å²) >= 11 is 0. The average molecular weight is 562 g/mol. The van der Waals surface area contributed by atoms with Gasteiger partial charge in [0.1, 0.15) is 16.9 Å². The first kappa shape index (κ1) is 24.5. The summed E-state index contributed by atoms with van der Waals surface area (Å²) in [6.07, 6.45) is 8.75. The molecule has 1 amide bonds. The van der Waals surface area contributed by atoms with E-state index < -0.39 is 0 Å². The lowest BCUT2D eigenvalue weighted by atomic mass is 9.53. The molecule has 5 heterocycles. The van der Waals surface area contributed by atoms with Crippen molar-refractivity contribution < 1.29 is 9.53 Å². The number of aryl methyl sites for hydroxylation is 1. The molecule has 4 aliphatic rings. The number of nitrogens with zero attached hydrogens (tertiary/aromatic N) is 7. The number of likely N-dealkylation sites (tertiary alicyclic amines) is 1. The second kappa shape index (κ2) is 8.69. The summed E-state index contributed by atoms with van der Waals surface area (Å²) in [5.41, 5.74) is 6.60. The topological polar surface area (TPSA) is 83.0 Å². The summed E-state index contributed by atoms with van der Waals surface area (Å²) in [5, 5.41) is 5.62. The van der Waals surface area contributed by atoms with Crippen LogP contribution < -0.4 is 4.74 Å². The van der Waals surface area contributed by atoms with E-state index >= 15 is 0 Å². The van der Waals surface area contributed by atoms with E-state index in [4.69, 9.17) is 14.7 Å². The predicted octanol–water partition coefficient (Wildman–Crippen LogP) is 5.04. The zero-order valence-corrected chi connectivity index (χ0v) is 24.3. The van der Waals surface area contributed by atoms with Gasteiger partial charge in [0.05, 0.1) is 31.1 Å². The van der Waals surface area contributed by atoms with Gasteiger partial charge in [-0.1, -0.05) is 0 Å². The highest BCUT2D eigenvalue weighted by Crippen LogP contribution is 2.60. The van der Waals surface area contributed by atoms with Gasteiger partial charge < -0.3 is 18.8 Å². The fourth-order valence-electron chi connectivity index (χ4n) is 8.11. The Bertz CT molecular complexity index is 1910. The smallest absolute Gasteiger partial charge is 0.254 e. The van der Waals surface area contributed by atoms with Crippen molar-refractivity contribution in [1.29, 1.82) is 0 Å². The van der Waals surface area contributed by atoms with Crippen molar-refractivity contribution in [2.45, 2.75) is 51.7 Å². The molecule has 0 radical (unpaired) electrons. The summed E-state index contributed by atoms with van der Waals surface area (Å²) in [7, 11) is 3.66. The van der Waals surface area contributed by atoms with Gasteiger partial charge in [-0.05, 0) is 86.6 Å². The molecule has 0 bridgehead atoms. The summed E-state index contributed by atoms with van der Waals surface area (Å²) in [6.45, 7) is 4.49. The standard InChI is InChI=1S/C33H35N7O2/c1-18-24(14-35-37(18)2)17-40-30-25(36-32(40)27-11-20-5-4-8-34-31(20)38(27)15-19-6-7-19)10-22(13-28(30)42-3)33(41)39-16-23-9-21-12-26(39)29(21)23/h4-5,8,10-11,13-14,19,21,23,26,29H,6-7,9,12,15-17H2,1-3H3/t21?,23?,26?,29-/m1/s1. The predicted molar refractivity (Wildman–Crippen MR) is 159 cm³/mol. The van der Waals surface area contributed by atoms with Crippen LogP contribution in [0.3, 0.4) is 0 Å². The van der Waals surface area contributed by atoms with E-state index in [1.165, 1.54) is 19.3 Å². The lowest BCUT2D eigenvalue weighted by molar-refractivity contribution is -0.0204. The lowest BCUT2D eigenvalue weighted by Gasteiger charge is -2.52. The maximum Gasteiger partial charge on any atom is 0.254 e. The van der Waals surface area contributed by atoms with Crippen molar-refractivity contribution in [2.24, 2.45) is 30.7 Å². The number of benzene rings is 1. The van der Waals surface area contributed by atoms with Gasteiger partial charge in [0.25, 0.3) is 5.91 Å². The minimum atomic E-state index is 0.110. The van der Waals surface area contributed by atoms with Gasteiger partial charge in [0, 0.05) is 54.6 Å². The number of hydrogen-bond acceptors (Lipinski definition) is 5. The molecular weight excluding hydrogens is 526 g/mol. The second-order valence-electron chi connectivity index (χ2n) is 13.0. The molecule has 3 aliphatic carbocycles. The number of carbonyl (C=O) groups excluding carboxylic acids is 1. The third kappa shape index (κ3) is 3.42. The highest BCUT2D eigenvalue weighted by Gasteiger charge is 2.61. The van der Waals surface area contributed by atoms with Gasteiger partial charge in [-0.15, -0.1) is 0 Å². The molecule has 1 aromatic carbocycles. The maximum absolute atomic E-state index is 13.9. The van der Waals surface area contributed by atoms with Crippen molar-refractivity contribution in [3.63, 3.8) is 0 Å². The molecule has 9 heteroatoms. The highest BCUT2D eigenvalue weighted by molar-refractivity contribution is 6.00. The van der Waals surface area contributed by atoms with Gasteiger partial charge >= 0.3 is 0 Å². The number of imidazole rings is 1. The molecule has 3 saturated carbocycles. The van der Waals surface area contributed by atoms with E-state index in [0.29, 0.717) is 35.7 Å². The fraction of sp³-hybridized carbons (Fsp3) is 0.455. The quantitative estimate of drug-likeness (QED) is 0.278. The van der Waals surface area contributed by atoms with Crippen LogP contribution in [0.4, 0.5) is 0 Å². The molecule has 5 aromatic rings. The molecule has 9 rings (SSSR count). The Labute approximate surface area is 244 Å². The minimum Gasteiger partial charge on any atom is -0.494 e. The number of methoxy groups -OCH3 is 1. The Hall–Kier alpha value is -4.14. The first-order chi connectivity index (χ1) is 20.5. The van der Waals surface area contributed by atoms with Crippen LogP contribution in [0.15, 0.2) is 42.7 Å². The highest BCUT2D eigenvalue weighted by atomic mass is 16.5. The number of rotatable bonds is 7. The van der Waals surface area contributed by atoms with Gasteiger partial charge in [0.15, 0.2) is 5.82 Å². The third-order valence-electron chi connectivity index (χ3n) is 10.7. The Morgan fingerprint density at radius 3 is 2.74 bits per heavy atom. The van der Waals surface area contributed by atoms with Crippen LogP contribution >= 0.6 is 0 Å². The maximum atomic E-state index is 13.9. The number of ether oxygens (including phenoxy) is 1. The van der Waals surface area contributed by atoms with Crippen molar-refractivity contribution in [1.82, 2.24) is 33.8 Å². The molecular formula is C33H35N7O2. The summed E-state index contributed by atoms with van der Waals surface area (Å²) < 4.78 is 12.5. The number of fused-ring (bicyclic) bond motifs is 2. The van der Waals surface area contributed by atoms with Crippen LogP contribution in [0.1, 0.15) is 47.3 Å². The van der Waals surface area contributed by atoms with Crippen molar-refractivity contribution in [3.8, 4) is 17.3 Å². The zero-order valence-electron chi connectivity index (χ0n) is 24.3. The van der Waals surface area contributed by atoms with Gasteiger partial charge in [-0.3, -0.25) is 9.48 Å². The van der Waals surface area contributed by atoms with E-state index in [2.05, 4.69) is 38.2 Å². The van der Waals surface area contributed by atoms with E-state index in [-0.39, 0.29) is 5.91 Å². The second-order valence-corrected chi connectivity index (χ2v) is 13.0. The van der Waals surface area contributed by atoms with Crippen molar-refractivity contribution in [3.05, 3.63) is 59.5 Å². The number of hydrogen-bond donors (Lipinski definition) is 0. The largest absolute Gasteiger partial charge is 0.494 e. The van der Waals surface area contributed by atoms with Crippen molar-refractivity contribution in [2.75, 3.05) is 13.7 Å². The molecule has 1 saturated heterocycles. The Balaban J connectivity index is 1.23. The first-order valence-corrected chi connectivity index (χ1v) is 15.3. The molecule has 42 heavy (non-hydrogen) atoms. The third-order valence-corrected chi connectivity index (χ3v) is 10.7. The molecule has 4 fully saturated rings. The Morgan fingerprint density at radius 2 is 2.00 bits per heavy atom. The number of carbonyl (C=O) groups is 1. The van der Waals surface area contributed by atoms with E-state index in [0.717, 1.165) is 76.2 Å². The minimum absolute atomic E-state index is 0.110. The van der Waals surface area contributed by atoms with Gasteiger partial charge in [-0.25, -0.2) is 9.97 Å². The zero-order chi connectivity index (χ0) is 28.3. The fourth-order valence-corrected chi connectivity index (χ4v) is 8.11. The molecule has 4 atom stereocenters. The number of amides is 1. The number of aromatic nitrogens is 6. The number of pyridine rings is 1. The van der Waals surface area contributed by atoms with Crippen LogP contribution in [-0.4, -0.2) is 59.4 Å². The van der Waals surface area contributed by atoms with Gasteiger partial charge in [0.2, 0.25) is 0 Å². The van der Waals surface area contributed by atoms with Crippen LogP contribution in [0.2, 0.25) is 0 Å². The molecule has 9 nitrogen and oxygen atoms in total. The summed E-state index contributed by atoms with van der Waals surface area (Å²) in [6, 6.07) is 10.7. The molecule has 4 aromatic heterocycles. The summed E-state index contributed by atoms with van der Waals surface area (Å²) in [4.78, 5) is 26.1. The lowest BCUT2D eigenvalue weighted by Crippen LogP contribution is -2.53. The normalized spacial score (nSPS) is 24.2. The van der Waals surface area contributed by atoms with Crippen LogP contribution in [-0.2, 0) is 20.1 Å².